The normalized spacial score (nSPS) is 23.0. The number of benzene rings is 1. The molecule has 3 heterocycles. The topological polar surface area (TPSA) is 114 Å². The molecule has 1 unspecified atom stereocenters. The summed E-state index contributed by atoms with van der Waals surface area (Å²) in [4.78, 5) is 23.6. The van der Waals surface area contributed by atoms with Crippen LogP contribution in [0.3, 0.4) is 0 Å². The Morgan fingerprint density at radius 2 is 1.84 bits per heavy atom. The van der Waals surface area contributed by atoms with Crippen LogP contribution in [0.5, 0.6) is 0 Å². The molecule has 0 spiro atoms. The van der Waals surface area contributed by atoms with Crippen LogP contribution in [0.1, 0.15) is 36.9 Å². The first-order valence-electron chi connectivity index (χ1n) is 10.6. The van der Waals surface area contributed by atoms with Crippen LogP contribution in [0.4, 0.5) is 20.5 Å². The van der Waals surface area contributed by atoms with Crippen molar-refractivity contribution in [2.75, 3.05) is 35.7 Å². The molecule has 3 aliphatic rings. The first-order chi connectivity index (χ1) is 15.4. The lowest BCUT2D eigenvalue weighted by Crippen LogP contribution is -2.42. The van der Waals surface area contributed by atoms with Crippen LogP contribution >= 0.6 is 0 Å². The number of rotatable bonds is 6. The fourth-order valence-corrected chi connectivity index (χ4v) is 5.77. The molecule has 0 bridgehead atoms. The third kappa shape index (κ3) is 3.71. The van der Waals surface area contributed by atoms with Crippen molar-refractivity contribution in [1.29, 1.82) is 0 Å². The highest BCUT2D eigenvalue weighted by molar-refractivity contribution is 7.91. The van der Waals surface area contributed by atoms with E-state index in [0.29, 0.717) is 41.9 Å². The number of nitroso groups, excluding NO2 is 1. The fourth-order valence-electron chi connectivity index (χ4n) is 4.47. The molecule has 2 aliphatic heterocycles. The highest BCUT2D eigenvalue weighted by Gasteiger charge is 2.45. The van der Waals surface area contributed by atoms with Crippen LogP contribution in [0, 0.1) is 16.5 Å². The van der Waals surface area contributed by atoms with E-state index in [1.807, 2.05) is 4.90 Å². The summed E-state index contributed by atoms with van der Waals surface area (Å²) in [6.07, 6.45) is 2.72. The van der Waals surface area contributed by atoms with Crippen LogP contribution in [0.25, 0.3) is 0 Å². The van der Waals surface area contributed by atoms with Gasteiger partial charge in [0.1, 0.15) is 28.6 Å². The van der Waals surface area contributed by atoms with Crippen molar-refractivity contribution in [2.45, 2.75) is 48.1 Å². The maximum atomic E-state index is 13.7. The number of aliphatic hydroxyl groups is 1. The number of halogens is 2. The fraction of sp³-hybridized carbons (Fsp3) is 0.524. The lowest BCUT2D eigenvalue weighted by atomic mass is 9.81. The summed E-state index contributed by atoms with van der Waals surface area (Å²) in [5.41, 5.74) is -0.683. The summed E-state index contributed by atoms with van der Waals surface area (Å²) in [6.45, 7) is 0.710. The van der Waals surface area contributed by atoms with Crippen molar-refractivity contribution >= 4 is 22.9 Å². The highest BCUT2D eigenvalue weighted by atomic mass is 32.2. The van der Waals surface area contributed by atoms with Gasteiger partial charge in [-0.05, 0) is 54.6 Å². The van der Waals surface area contributed by atoms with Gasteiger partial charge in [-0.3, -0.25) is 0 Å². The van der Waals surface area contributed by atoms with Gasteiger partial charge < -0.3 is 19.9 Å². The SMILES string of the molecule is O=NC1(c2cc(F)cc(F)c2)CCN(c2nc3c(c(NC4(CO)CC4)n2)[S+]([O-])CC3)CC1. The summed E-state index contributed by atoms with van der Waals surface area (Å²) < 4.78 is 40.0. The van der Waals surface area contributed by atoms with E-state index in [4.69, 9.17) is 0 Å². The van der Waals surface area contributed by atoms with Crippen LogP contribution in [-0.4, -0.2) is 50.6 Å². The molecule has 8 nitrogen and oxygen atoms in total. The van der Waals surface area contributed by atoms with Gasteiger partial charge in [-0.25, -0.2) is 13.8 Å². The van der Waals surface area contributed by atoms with Crippen molar-refractivity contribution < 1.29 is 18.4 Å². The third-order valence-electron chi connectivity index (χ3n) is 6.66. The van der Waals surface area contributed by atoms with Gasteiger partial charge in [-0.1, -0.05) is 5.18 Å². The zero-order valence-corrected chi connectivity index (χ0v) is 18.1. The molecule has 1 aromatic heterocycles. The summed E-state index contributed by atoms with van der Waals surface area (Å²) in [5.74, 6) is -0.0609. The van der Waals surface area contributed by atoms with Gasteiger partial charge in [0.05, 0.1) is 12.1 Å². The first-order valence-corrected chi connectivity index (χ1v) is 11.9. The average molecular weight is 464 g/mol. The Kier molecular flexibility index (Phi) is 5.30. The maximum absolute atomic E-state index is 13.7. The van der Waals surface area contributed by atoms with Gasteiger partial charge in [-0.15, -0.1) is 4.91 Å². The Labute approximate surface area is 186 Å². The Morgan fingerprint density at radius 1 is 1.16 bits per heavy atom. The Balaban J connectivity index is 1.41. The monoisotopic (exact) mass is 463 g/mol. The molecular formula is C21H23F2N5O3S. The molecular weight excluding hydrogens is 440 g/mol. The molecule has 2 aromatic rings. The number of aryl methyl sites for hydroxylation is 1. The molecule has 2 fully saturated rings. The minimum atomic E-state index is -1.21. The summed E-state index contributed by atoms with van der Waals surface area (Å²) >= 11 is -1.19. The van der Waals surface area contributed by atoms with E-state index in [9.17, 15) is 23.3 Å². The van der Waals surface area contributed by atoms with Crippen LogP contribution in [0.2, 0.25) is 0 Å². The zero-order valence-electron chi connectivity index (χ0n) is 17.3. The average Bonchev–Trinajstić information content (AvgIpc) is 3.46. The molecule has 1 saturated heterocycles. The van der Waals surface area contributed by atoms with Crippen LogP contribution < -0.4 is 10.2 Å². The molecule has 2 N–H and O–H groups in total. The predicted octanol–water partition coefficient (Wildman–Crippen LogP) is 2.62. The minimum Gasteiger partial charge on any atom is -0.611 e. The molecule has 1 aliphatic carbocycles. The zero-order chi connectivity index (χ0) is 22.5. The van der Waals surface area contributed by atoms with E-state index >= 15 is 0 Å². The lowest BCUT2D eigenvalue weighted by molar-refractivity contribution is 0.265. The van der Waals surface area contributed by atoms with Crippen molar-refractivity contribution in [3.63, 3.8) is 0 Å². The summed E-state index contributed by atoms with van der Waals surface area (Å²) in [5, 5.41) is 16.3. The number of aromatic nitrogens is 2. The number of fused-ring (bicyclic) bond motifs is 1. The quantitative estimate of drug-likeness (QED) is 0.500. The lowest BCUT2D eigenvalue weighted by Gasteiger charge is -2.37. The Hall–Kier alpha value is -2.37. The number of nitrogens with zero attached hydrogens (tertiary/aromatic N) is 4. The van der Waals surface area contributed by atoms with Crippen LogP contribution in [-0.2, 0) is 23.1 Å². The second kappa shape index (κ2) is 7.89. The van der Waals surface area contributed by atoms with Gasteiger partial charge in [0.15, 0.2) is 5.82 Å². The number of nitrogens with one attached hydrogen (secondary N) is 1. The van der Waals surface area contributed by atoms with E-state index in [1.54, 1.807) is 0 Å². The van der Waals surface area contributed by atoms with Gasteiger partial charge in [0.25, 0.3) is 0 Å². The Bertz CT molecular complexity index is 1040. The number of anilines is 2. The number of hydrogen-bond donors (Lipinski definition) is 2. The second-order valence-electron chi connectivity index (χ2n) is 8.78. The van der Waals surface area contributed by atoms with E-state index < -0.39 is 33.9 Å². The van der Waals surface area contributed by atoms with Gasteiger partial charge in [0.2, 0.25) is 10.8 Å². The highest BCUT2D eigenvalue weighted by Crippen LogP contribution is 2.43. The molecule has 1 aromatic carbocycles. The van der Waals surface area contributed by atoms with Crippen molar-refractivity contribution in [1.82, 2.24) is 9.97 Å². The number of aliphatic hydroxyl groups excluding tert-OH is 1. The first kappa shape index (κ1) is 21.5. The van der Waals surface area contributed by atoms with Crippen molar-refractivity contribution in [3.05, 3.63) is 46.0 Å². The molecule has 11 heteroatoms. The predicted molar refractivity (Wildman–Crippen MR) is 115 cm³/mol. The van der Waals surface area contributed by atoms with Gasteiger partial charge in [0, 0.05) is 25.6 Å². The van der Waals surface area contributed by atoms with E-state index in [2.05, 4.69) is 20.5 Å². The second-order valence-corrected chi connectivity index (χ2v) is 10.3. The molecule has 5 rings (SSSR count). The van der Waals surface area contributed by atoms with E-state index in [1.165, 1.54) is 0 Å². The molecule has 0 radical (unpaired) electrons. The standard InChI is InChI=1S/C21H23F2N5O3S/c22-14-9-13(10-15(23)11-14)21(27-30)4-6-28(7-5-21)19-24-16-1-8-32(31)17(16)18(25-19)26-20(12-29)2-3-20/h9-11,29H,1-8,12H2,(H,24,25,26). The summed E-state index contributed by atoms with van der Waals surface area (Å²) in [7, 11) is 0. The molecule has 0 amide bonds. The minimum absolute atomic E-state index is 0.0326. The molecule has 32 heavy (non-hydrogen) atoms. The molecule has 1 saturated carbocycles. The maximum Gasteiger partial charge on any atom is 0.227 e. The number of hydrogen-bond acceptors (Lipinski definition) is 8. The smallest absolute Gasteiger partial charge is 0.227 e. The van der Waals surface area contributed by atoms with Gasteiger partial charge in [-0.2, -0.15) is 4.98 Å². The Morgan fingerprint density at radius 3 is 2.44 bits per heavy atom. The largest absolute Gasteiger partial charge is 0.611 e. The molecule has 170 valence electrons. The van der Waals surface area contributed by atoms with E-state index in [0.717, 1.165) is 36.7 Å². The number of piperidine rings is 1. The third-order valence-corrected chi connectivity index (χ3v) is 8.12. The molecule has 1 atom stereocenters. The van der Waals surface area contributed by atoms with Crippen molar-refractivity contribution in [2.24, 2.45) is 5.18 Å². The van der Waals surface area contributed by atoms with Gasteiger partial charge >= 0.3 is 0 Å². The van der Waals surface area contributed by atoms with Crippen molar-refractivity contribution in [3.8, 4) is 0 Å². The van der Waals surface area contributed by atoms with E-state index in [-0.39, 0.29) is 25.0 Å². The van der Waals surface area contributed by atoms with Crippen LogP contribution in [0.15, 0.2) is 28.3 Å². The summed E-state index contributed by atoms with van der Waals surface area (Å²) in [6, 6.07) is 3.09.